The molecule has 0 bridgehead atoms. The van der Waals surface area contributed by atoms with E-state index in [9.17, 15) is 4.79 Å². The molecule has 1 fully saturated rings. The van der Waals surface area contributed by atoms with Gasteiger partial charge in [0.1, 0.15) is 5.75 Å². The maximum absolute atomic E-state index is 12.3. The van der Waals surface area contributed by atoms with Gasteiger partial charge in [-0.15, -0.1) is 0 Å². The number of hydrogen-bond donors (Lipinski definition) is 3. The quantitative estimate of drug-likeness (QED) is 0.781. The van der Waals surface area contributed by atoms with E-state index in [1.165, 1.54) is 5.56 Å². The molecule has 6 heteroatoms. The van der Waals surface area contributed by atoms with Crippen molar-refractivity contribution in [3.63, 3.8) is 0 Å². The number of ether oxygens (including phenoxy) is 1. The molecule has 2 atom stereocenters. The number of carbonyl (C=O) groups excluding carboxylic acids is 1. The molecule has 0 spiro atoms. The van der Waals surface area contributed by atoms with Crippen molar-refractivity contribution in [2.24, 2.45) is 0 Å². The van der Waals surface area contributed by atoms with Crippen molar-refractivity contribution in [3.8, 4) is 5.75 Å². The maximum Gasteiger partial charge on any atom is 0.319 e. The number of methoxy groups -OCH3 is 1. The molecule has 132 valence electrons. The highest BCUT2D eigenvalue weighted by Crippen LogP contribution is 2.27. The number of nitrogens with one attached hydrogen (secondary N) is 3. The fraction of sp³-hybridized carbons (Fsp3) is 0.316. The van der Waals surface area contributed by atoms with Crippen LogP contribution >= 0.6 is 11.6 Å². The van der Waals surface area contributed by atoms with E-state index in [0.717, 1.165) is 25.3 Å². The molecule has 0 aromatic heterocycles. The molecule has 1 saturated heterocycles. The molecular weight excluding hydrogens is 338 g/mol. The highest BCUT2D eigenvalue weighted by molar-refractivity contribution is 6.30. The summed E-state index contributed by atoms with van der Waals surface area (Å²) in [6, 6.07) is 14.9. The molecular formula is C19H22ClN3O2. The summed E-state index contributed by atoms with van der Waals surface area (Å²) in [7, 11) is 1.66. The molecule has 5 nitrogen and oxygen atoms in total. The van der Waals surface area contributed by atoms with E-state index < -0.39 is 0 Å². The van der Waals surface area contributed by atoms with Crippen molar-refractivity contribution in [1.29, 1.82) is 0 Å². The molecule has 2 aromatic carbocycles. The Hall–Kier alpha value is -2.24. The van der Waals surface area contributed by atoms with Crippen molar-refractivity contribution >= 4 is 23.3 Å². The Morgan fingerprint density at radius 2 is 1.88 bits per heavy atom. The van der Waals surface area contributed by atoms with Crippen LogP contribution in [0, 0.1) is 0 Å². The fourth-order valence-electron chi connectivity index (χ4n) is 3.13. The Labute approximate surface area is 152 Å². The van der Waals surface area contributed by atoms with Crippen LogP contribution < -0.4 is 20.7 Å². The van der Waals surface area contributed by atoms with Crippen LogP contribution in [-0.2, 0) is 0 Å². The van der Waals surface area contributed by atoms with Gasteiger partial charge in [0.2, 0.25) is 0 Å². The molecule has 3 rings (SSSR count). The van der Waals surface area contributed by atoms with Crippen LogP contribution in [-0.4, -0.2) is 32.3 Å². The zero-order chi connectivity index (χ0) is 17.6. The number of rotatable bonds is 4. The Morgan fingerprint density at radius 3 is 2.56 bits per heavy atom. The molecule has 2 amide bonds. The number of piperidine rings is 1. The topological polar surface area (TPSA) is 62.4 Å². The van der Waals surface area contributed by atoms with Crippen LogP contribution in [0.5, 0.6) is 5.75 Å². The van der Waals surface area contributed by atoms with Gasteiger partial charge in [-0.1, -0.05) is 23.7 Å². The van der Waals surface area contributed by atoms with Crippen LogP contribution in [0.15, 0.2) is 48.5 Å². The van der Waals surface area contributed by atoms with Crippen molar-refractivity contribution in [3.05, 3.63) is 59.1 Å². The maximum atomic E-state index is 12.3. The van der Waals surface area contributed by atoms with Gasteiger partial charge >= 0.3 is 6.03 Å². The molecule has 2 unspecified atom stereocenters. The minimum absolute atomic E-state index is 0.0226. The van der Waals surface area contributed by atoms with Gasteiger partial charge in [-0.25, -0.2) is 4.79 Å². The van der Waals surface area contributed by atoms with E-state index in [1.54, 1.807) is 31.4 Å². The summed E-state index contributed by atoms with van der Waals surface area (Å²) < 4.78 is 5.22. The van der Waals surface area contributed by atoms with E-state index in [2.05, 4.69) is 28.1 Å². The predicted octanol–water partition coefficient (Wildman–Crippen LogP) is 3.62. The molecule has 1 aliphatic heterocycles. The standard InChI is InChI=1S/C19H22ClN3O2/c1-25-16-8-2-13(3-9-16)17-10-11-21-12-18(17)23-19(24)22-15-6-4-14(20)5-7-15/h2-9,17-18,21H,10-12H2,1H3,(H2,22,23,24). The molecule has 3 N–H and O–H groups in total. The van der Waals surface area contributed by atoms with E-state index in [4.69, 9.17) is 16.3 Å². The van der Waals surface area contributed by atoms with Crippen molar-refractivity contribution in [1.82, 2.24) is 10.6 Å². The van der Waals surface area contributed by atoms with Gasteiger partial charge in [-0.05, 0) is 54.9 Å². The Balaban J connectivity index is 1.65. The van der Waals surface area contributed by atoms with Gasteiger partial charge in [-0.3, -0.25) is 0 Å². The Morgan fingerprint density at radius 1 is 1.16 bits per heavy atom. The summed E-state index contributed by atoms with van der Waals surface area (Å²) in [6.07, 6.45) is 0.970. The van der Waals surface area contributed by atoms with Gasteiger partial charge < -0.3 is 20.7 Å². The third-order valence-corrected chi connectivity index (χ3v) is 4.70. The lowest BCUT2D eigenvalue weighted by Gasteiger charge is -2.33. The summed E-state index contributed by atoms with van der Waals surface area (Å²) in [5.41, 5.74) is 1.92. The van der Waals surface area contributed by atoms with E-state index >= 15 is 0 Å². The second kappa shape index (κ2) is 8.23. The number of halogens is 1. The van der Waals surface area contributed by atoms with Gasteiger partial charge in [-0.2, -0.15) is 0 Å². The average molecular weight is 360 g/mol. The third kappa shape index (κ3) is 4.65. The molecule has 1 aliphatic rings. The molecule has 0 radical (unpaired) electrons. The van der Waals surface area contributed by atoms with Crippen molar-refractivity contribution < 1.29 is 9.53 Å². The van der Waals surface area contributed by atoms with Crippen molar-refractivity contribution in [2.75, 3.05) is 25.5 Å². The lowest BCUT2D eigenvalue weighted by molar-refractivity contribution is 0.242. The Kier molecular flexibility index (Phi) is 5.79. The minimum Gasteiger partial charge on any atom is -0.497 e. The lowest BCUT2D eigenvalue weighted by atomic mass is 9.86. The number of carbonyl (C=O) groups is 1. The summed E-state index contributed by atoms with van der Waals surface area (Å²) in [5, 5.41) is 9.92. The zero-order valence-corrected chi connectivity index (χ0v) is 14.8. The van der Waals surface area contributed by atoms with Crippen molar-refractivity contribution in [2.45, 2.75) is 18.4 Å². The number of anilines is 1. The summed E-state index contributed by atoms with van der Waals surface area (Å²) in [5.74, 6) is 1.10. The van der Waals surface area contributed by atoms with Crippen LogP contribution in [0.25, 0.3) is 0 Å². The number of urea groups is 1. The van der Waals surface area contributed by atoms with Gasteiger partial charge in [0, 0.05) is 29.2 Å². The second-order valence-corrected chi connectivity index (χ2v) is 6.52. The first-order valence-corrected chi connectivity index (χ1v) is 8.71. The third-order valence-electron chi connectivity index (χ3n) is 4.44. The molecule has 25 heavy (non-hydrogen) atoms. The SMILES string of the molecule is COc1ccc(C2CCNCC2NC(=O)Nc2ccc(Cl)cc2)cc1. The van der Waals surface area contributed by atoms with Crippen LogP contribution in [0.2, 0.25) is 5.02 Å². The van der Waals surface area contributed by atoms with E-state index in [1.807, 2.05) is 12.1 Å². The van der Waals surface area contributed by atoms with E-state index in [0.29, 0.717) is 10.7 Å². The largest absolute Gasteiger partial charge is 0.497 e. The van der Waals surface area contributed by atoms with Crippen LogP contribution in [0.3, 0.4) is 0 Å². The summed E-state index contributed by atoms with van der Waals surface area (Å²) >= 11 is 5.87. The van der Waals surface area contributed by atoms with Crippen LogP contribution in [0.4, 0.5) is 10.5 Å². The van der Waals surface area contributed by atoms with E-state index in [-0.39, 0.29) is 18.0 Å². The first-order chi connectivity index (χ1) is 12.2. The highest BCUT2D eigenvalue weighted by atomic mass is 35.5. The number of benzene rings is 2. The first kappa shape index (κ1) is 17.6. The highest BCUT2D eigenvalue weighted by Gasteiger charge is 2.27. The minimum atomic E-state index is -0.213. The molecule has 0 saturated carbocycles. The summed E-state index contributed by atoms with van der Waals surface area (Å²) in [4.78, 5) is 12.3. The molecule has 2 aromatic rings. The normalized spacial score (nSPS) is 19.9. The zero-order valence-electron chi connectivity index (χ0n) is 14.1. The van der Waals surface area contributed by atoms with Gasteiger partial charge in [0.25, 0.3) is 0 Å². The smallest absolute Gasteiger partial charge is 0.319 e. The van der Waals surface area contributed by atoms with Gasteiger partial charge in [0.05, 0.1) is 7.11 Å². The first-order valence-electron chi connectivity index (χ1n) is 8.33. The second-order valence-electron chi connectivity index (χ2n) is 6.08. The average Bonchev–Trinajstić information content (AvgIpc) is 2.64. The Bertz CT molecular complexity index is 704. The molecule has 0 aliphatic carbocycles. The van der Waals surface area contributed by atoms with Gasteiger partial charge in [0.15, 0.2) is 0 Å². The number of hydrogen-bond acceptors (Lipinski definition) is 3. The summed E-state index contributed by atoms with van der Waals surface area (Å²) in [6.45, 7) is 1.68. The molecule has 1 heterocycles. The monoisotopic (exact) mass is 359 g/mol. The fourth-order valence-corrected chi connectivity index (χ4v) is 3.26. The number of amides is 2. The lowest BCUT2D eigenvalue weighted by Crippen LogP contribution is -2.51. The predicted molar refractivity (Wildman–Crippen MR) is 101 cm³/mol. The van der Waals surface area contributed by atoms with Crippen LogP contribution in [0.1, 0.15) is 17.9 Å².